The van der Waals surface area contributed by atoms with Crippen LogP contribution in [0, 0.1) is 10.1 Å². The maximum atomic E-state index is 11.0. The molecule has 0 bridgehead atoms. The molecular formula is C12H17N5O4. The standard InChI is InChI=1S/C12H17N5O4/c18-12(19)9-7-10(17(20)21)11(15-8-9)14-3-6-16-4-1-13-2-5-16/h7-8,13H,1-6H2,(H,14,15)(H,18,19). The van der Waals surface area contributed by atoms with Crippen molar-refractivity contribution in [2.75, 3.05) is 44.6 Å². The monoisotopic (exact) mass is 295 g/mol. The fourth-order valence-corrected chi connectivity index (χ4v) is 2.11. The Bertz CT molecular complexity index is 530. The molecule has 0 radical (unpaired) electrons. The lowest BCUT2D eigenvalue weighted by Crippen LogP contribution is -2.45. The summed E-state index contributed by atoms with van der Waals surface area (Å²) in [6.07, 6.45) is 1.11. The van der Waals surface area contributed by atoms with Crippen LogP contribution in [-0.2, 0) is 0 Å². The van der Waals surface area contributed by atoms with Crippen molar-refractivity contribution in [1.29, 1.82) is 0 Å². The highest BCUT2D eigenvalue weighted by atomic mass is 16.6. The Morgan fingerprint density at radius 3 is 2.86 bits per heavy atom. The molecule has 114 valence electrons. The second-order valence-corrected chi connectivity index (χ2v) is 4.67. The van der Waals surface area contributed by atoms with Gasteiger partial charge in [0.05, 0.1) is 10.5 Å². The maximum Gasteiger partial charge on any atom is 0.337 e. The molecule has 1 fully saturated rings. The van der Waals surface area contributed by atoms with Crippen LogP contribution in [0.1, 0.15) is 10.4 Å². The van der Waals surface area contributed by atoms with E-state index in [9.17, 15) is 14.9 Å². The third kappa shape index (κ3) is 4.10. The van der Waals surface area contributed by atoms with Gasteiger partial charge in [-0.2, -0.15) is 0 Å². The lowest BCUT2D eigenvalue weighted by Gasteiger charge is -2.27. The molecule has 9 nitrogen and oxygen atoms in total. The number of aromatic nitrogens is 1. The Kier molecular flexibility index (Phi) is 5.01. The van der Waals surface area contributed by atoms with Crippen LogP contribution in [0.25, 0.3) is 0 Å². The molecule has 1 aromatic heterocycles. The number of aromatic carboxylic acids is 1. The van der Waals surface area contributed by atoms with Crippen LogP contribution in [0.4, 0.5) is 11.5 Å². The van der Waals surface area contributed by atoms with Gasteiger partial charge >= 0.3 is 11.7 Å². The quantitative estimate of drug-likeness (QED) is 0.495. The summed E-state index contributed by atoms with van der Waals surface area (Å²) in [6.45, 7) is 5.02. The number of carbonyl (C=O) groups is 1. The average Bonchev–Trinajstić information content (AvgIpc) is 2.48. The van der Waals surface area contributed by atoms with Gasteiger partial charge in [-0.15, -0.1) is 0 Å². The summed E-state index contributed by atoms with van der Waals surface area (Å²) in [6, 6.07) is 1.02. The summed E-state index contributed by atoms with van der Waals surface area (Å²) in [5, 5.41) is 26.0. The Hall–Kier alpha value is -2.26. The van der Waals surface area contributed by atoms with Crippen LogP contribution in [0.5, 0.6) is 0 Å². The molecule has 1 aliphatic heterocycles. The van der Waals surface area contributed by atoms with Gasteiger partial charge in [-0.3, -0.25) is 15.0 Å². The fraction of sp³-hybridized carbons (Fsp3) is 0.500. The van der Waals surface area contributed by atoms with Gasteiger partial charge in [0.15, 0.2) is 0 Å². The summed E-state index contributed by atoms with van der Waals surface area (Å²) in [4.78, 5) is 27.2. The van der Waals surface area contributed by atoms with Gasteiger partial charge in [-0.1, -0.05) is 0 Å². The van der Waals surface area contributed by atoms with Crippen molar-refractivity contribution >= 4 is 17.5 Å². The van der Waals surface area contributed by atoms with Gasteiger partial charge < -0.3 is 15.7 Å². The summed E-state index contributed by atoms with van der Waals surface area (Å²) in [5.74, 6) is -1.14. The highest BCUT2D eigenvalue weighted by molar-refractivity contribution is 5.88. The van der Waals surface area contributed by atoms with Gasteiger partial charge in [-0.05, 0) is 0 Å². The minimum absolute atomic E-state index is 0.0973. The number of hydrogen-bond donors (Lipinski definition) is 3. The highest BCUT2D eigenvalue weighted by Crippen LogP contribution is 2.22. The third-order valence-corrected chi connectivity index (χ3v) is 3.24. The number of anilines is 1. The number of rotatable bonds is 6. The molecule has 21 heavy (non-hydrogen) atoms. The summed E-state index contributed by atoms with van der Waals surface area (Å²) in [7, 11) is 0. The Balaban J connectivity index is 1.98. The number of nitrogens with one attached hydrogen (secondary N) is 2. The van der Waals surface area contributed by atoms with E-state index >= 15 is 0 Å². The molecule has 0 spiro atoms. The van der Waals surface area contributed by atoms with E-state index in [2.05, 4.69) is 20.5 Å². The summed E-state index contributed by atoms with van der Waals surface area (Å²) < 4.78 is 0. The molecule has 0 atom stereocenters. The van der Waals surface area contributed by atoms with E-state index in [1.54, 1.807) is 0 Å². The van der Waals surface area contributed by atoms with Crippen LogP contribution >= 0.6 is 0 Å². The number of piperazine rings is 1. The molecule has 0 amide bonds. The smallest absolute Gasteiger partial charge is 0.337 e. The zero-order valence-corrected chi connectivity index (χ0v) is 11.4. The Labute approximate surface area is 121 Å². The Morgan fingerprint density at radius 2 is 2.24 bits per heavy atom. The zero-order chi connectivity index (χ0) is 15.2. The highest BCUT2D eigenvalue weighted by Gasteiger charge is 2.19. The van der Waals surface area contributed by atoms with Crippen molar-refractivity contribution < 1.29 is 14.8 Å². The van der Waals surface area contributed by atoms with Crippen LogP contribution in [-0.4, -0.2) is 65.2 Å². The molecule has 1 aliphatic rings. The molecular weight excluding hydrogens is 278 g/mol. The number of carboxylic acid groups (broad SMARTS) is 1. The van der Waals surface area contributed by atoms with E-state index in [0.717, 1.165) is 45.0 Å². The van der Waals surface area contributed by atoms with E-state index in [1.165, 1.54) is 0 Å². The summed E-state index contributed by atoms with van der Waals surface area (Å²) in [5.41, 5.74) is -0.524. The van der Waals surface area contributed by atoms with Crippen LogP contribution in [0.15, 0.2) is 12.3 Å². The first-order chi connectivity index (χ1) is 10.1. The van der Waals surface area contributed by atoms with Gasteiger partial charge in [0, 0.05) is 51.5 Å². The van der Waals surface area contributed by atoms with Gasteiger partial charge in [-0.25, -0.2) is 9.78 Å². The topological polar surface area (TPSA) is 121 Å². The molecule has 2 heterocycles. The first-order valence-electron chi connectivity index (χ1n) is 6.62. The van der Waals surface area contributed by atoms with E-state index in [1.807, 2.05) is 0 Å². The van der Waals surface area contributed by atoms with E-state index in [-0.39, 0.29) is 17.1 Å². The fourth-order valence-electron chi connectivity index (χ4n) is 2.11. The van der Waals surface area contributed by atoms with Crippen molar-refractivity contribution in [3.63, 3.8) is 0 Å². The lowest BCUT2D eigenvalue weighted by molar-refractivity contribution is -0.384. The molecule has 0 unspecified atom stereocenters. The van der Waals surface area contributed by atoms with Crippen LogP contribution in [0.3, 0.4) is 0 Å². The van der Waals surface area contributed by atoms with Gasteiger partial charge in [0.2, 0.25) is 5.82 Å². The minimum Gasteiger partial charge on any atom is -0.478 e. The summed E-state index contributed by atoms with van der Waals surface area (Å²) >= 11 is 0. The van der Waals surface area contributed by atoms with Crippen molar-refractivity contribution in [3.05, 3.63) is 27.9 Å². The van der Waals surface area contributed by atoms with Gasteiger partial charge in [0.25, 0.3) is 0 Å². The number of nitro groups is 1. The van der Waals surface area contributed by atoms with Crippen LogP contribution < -0.4 is 10.6 Å². The van der Waals surface area contributed by atoms with Crippen LogP contribution in [0.2, 0.25) is 0 Å². The SMILES string of the molecule is O=C(O)c1cnc(NCCN2CCNCC2)c([N+](=O)[O-])c1. The normalized spacial score (nSPS) is 15.6. The molecule has 1 saturated heterocycles. The largest absolute Gasteiger partial charge is 0.478 e. The Morgan fingerprint density at radius 1 is 1.52 bits per heavy atom. The number of nitrogens with zero attached hydrogens (tertiary/aromatic N) is 3. The van der Waals surface area contributed by atoms with E-state index in [4.69, 9.17) is 5.11 Å². The van der Waals surface area contributed by atoms with Crippen molar-refractivity contribution in [2.45, 2.75) is 0 Å². The zero-order valence-electron chi connectivity index (χ0n) is 11.4. The molecule has 0 aromatic carbocycles. The third-order valence-electron chi connectivity index (χ3n) is 3.24. The van der Waals surface area contributed by atoms with E-state index in [0.29, 0.717) is 6.54 Å². The number of hydrogen-bond acceptors (Lipinski definition) is 7. The van der Waals surface area contributed by atoms with E-state index < -0.39 is 10.9 Å². The van der Waals surface area contributed by atoms with Crippen molar-refractivity contribution in [2.24, 2.45) is 0 Å². The first-order valence-corrected chi connectivity index (χ1v) is 6.62. The molecule has 1 aromatic rings. The lowest BCUT2D eigenvalue weighted by atomic mass is 10.2. The van der Waals surface area contributed by atoms with Gasteiger partial charge in [0.1, 0.15) is 0 Å². The van der Waals surface area contributed by atoms with Crippen molar-refractivity contribution in [1.82, 2.24) is 15.2 Å². The minimum atomic E-state index is -1.24. The number of pyridine rings is 1. The second-order valence-electron chi connectivity index (χ2n) is 4.67. The second kappa shape index (κ2) is 6.95. The van der Waals surface area contributed by atoms with Crippen molar-refractivity contribution in [3.8, 4) is 0 Å². The number of carboxylic acids is 1. The first kappa shape index (κ1) is 15.1. The predicted molar refractivity (Wildman–Crippen MR) is 75.7 cm³/mol. The molecule has 2 rings (SSSR count). The molecule has 9 heteroatoms. The molecule has 0 saturated carbocycles. The molecule has 0 aliphatic carbocycles. The molecule has 3 N–H and O–H groups in total. The maximum absolute atomic E-state index is 11.0. The average molecular weight is 295 g/mol. The predicted octanol–water partition coefficient (Wildman–Crippen LogP) is 0.00510.